The Hall–Kier alpha value is -1.18. The zero-order valence-electron chi connectivity index (χ0n) is 9.50. The number of rotatable bonds is 5. The maximum atomic E-state index is 11.6. The van der Waals surface area contributed by atoms with Crippen LogP contribution < -0.4 is 0 Å². The largest absolute Gasteiger partial charge is 0.292 e. The predicted octanol–water partition coefficient (Wildman–Crippen LogP) is 3.15. The summed E-state index contributed by atoms with van der Waals surface area (Å²) in [5, 5.41) is 0. The molecule has 0 fully saturated rings. The molecule has 2 heteroatoms. The maximum absolute atomic E-state index is 11.6. The summed E-state index contributed by atoms with van der Waals surface area (Å²) in [5.74, 6) is 0.426. The van der Waals surface area contributed by atoms with Gasteiger partial charge in [-0.25, -0.2) is 0 Å². The third-order valence-corrected chi connectivity index (χ3v) is 1.87. The molecule has 0 saturated heterocycles. The Balaban J connectivity index is 4.65. The van der Waals surface area contributed by atoms with Crippen LogP contribution in [0.4, 0.5) is 0 Å². The molecule has 0 rings (SSSR count). The summed E-state index contributed by atoms with van der Waals surface area (Å²) in [6, 6.07) is 0. The fourth-order valence-electron chi connectivity index (χ4n) is 0.989. The molecule has 0 radical (unpaired) electrons. The average Bonchev–Trinajstić information content (AvgIpc) is 2.12. The van der Waals surface area contributed by atoms with Gasteiger partial charge in [-0.05, 0) is 32.6 Å². The van der Waals surface area contributed by atoms with Gasteiger partial charge in [-0.3, -0.25) is 9.79 Å². The van der Waals surface area contributed by atoms with Crippen LogP contribution in [0.25, 0.3) is 0 Å². The van der Waals surface area contributed by atoms with Crippen LogP contribution in [0.2, 0.25) is 0 Å². The van der Waals surface area contributed by atoms with Gasteiger partial charge in [-0.15, -0.1) is 0 Å². The molecule has 0 aromatic rings. The van der Waals surface area contributed by atoms with Crippen molar-refractivity contribution in [3.05, 3.63) is 23.4 Å². The lowest BCUT2D eigenvalue weighted by atomic mass is 10.0. The van der Waals surface area contributed by atoms with Crippen molar-refractivity contribution in [2.45, 2.75) is 34.1 Å². The predicted molar refractivity (Wildman–Crippen MR) is 61.5 cm³/mol. The molecule has 0 spiro atoms. The smallest absolute Gasteiger partial charge is 0.181 e. The molecule has 0 atom stereocenters. The highest BCUT2D eigenvalue weighted by Crippen LogP contribution is 2.10. The van der Waals surface area contributed by atoms with Gasteiger partial charge in [0.2, 0.25) is 0 Å². The van der Waals surface area contributed by atoms with Crippen molar-refractivity contribution in [3.63, 3.8) is 0 Å². The van der Waals surface area contributed by atoms with Crippen LogP contribution >= 0.6 is 0 Å². The van der Waals surface area contributed by atoms with Gasteiger partial charge in [-0.1, -0.05) is 25.5 Å². The number of nitrogens with zero attached hydrogens (tertiary/aromatic N) is 1. The molecular formula is C12H19NO. The molecule has 0 aromatic heterocycles. The summed E-state index contributed by atoms with van der Waals surface area (Å²) in [5.41, 5.74) is 1.50. The lowest BCUT2D eigenvalue weighted by molar-refractivity contribution is -0.116. The normalized spacial score (nSPS) is 13.2. The number of hydrogen-bond donors (Lipinski definition) is 0. The molecule has 0 aromatic carbocycles. The van der Waals surface area contributed by atoms with E-state index in [0.29, 0.717) is 18.0 Å². The number of carbonyl (C=O) groups is 1. The fourth-order valence-corrected chi connectivity index (χ4v) is 0.989. The summed E-state index contributed by atoms with van der Waals surface area (Å²) >= 11 is 0. The first-order valence-electron chi connectivity index (χ1n) is 4.85. The summed E-state index contributed by atoms with van der Waals surface area (Å²) in [6.45, 7) is 11.3. The molecule has 78 valence electrons. The Morgan fingerprint density at radius 2 is 2.07 bits per heavy atom. The highest BCUT2D eigenvalue weighted by molar-refractivity contribution is 5.96. The van der Waals surface area contributed by atoms with E-state index in [9.17, 15) is 4.79 Å². The molecule has 0 N–H and O–H groups in total. The molecule has 14 heavy (non-hydrogen) atoms. The first-order chi connectivity index (χ1) is 6.51. The Morgan fingerprint density at radius 1 is 1.50 bits per heavy atom. The van der Waals surface area contributed by atoms with E-state index in [-0.39, 0.29) is 5.78 Å². The van der Waals surface area contributed by atoms with Crippen molar-refractivity contribution < 1.29 is 4.79 Å². The molecule has 0 aliphatic heterocycles. The topological polar surface area (TPSA) is 29.4 Å². The van der Waals surface area contributed by atoms with Crippen LogP contribution in [0.1, 0.15) is 34.1 Å². The Kier molecular flexibility index (Phi) is 5.77. The van der Waals surface area contributed by atoms with Gasteiger partial charge in [0.15, 0.2) is 5.78 Å². The second kappa shape index (κ2) is 6.30. The summed E-state index contributed by atoms with van der Waals surface area (Å²) in [6.07, 6.45) is 4.24. The molecule has 0 saturated carbocycles. The molecule has 0 amide bonds. The number of hydrogen-bond acceptors (Lipinski definition) is 2. The maximum Gasteiger partial charge on any atom is 0.181 e. The van der Waals surface area contributed by atoms with Gasteiger partial charge in [0.05, 0.1) is 0 Å². The standard InChI is InChI=1S/C12H19NO/c1-6-10(4)8-11(13-5)12(14)7-9(2)3/h6,8-9H,5,7H2,1-4H3/b10-6-,11-8-. The van der Waals surface area contributed by atoms with Crippen molar-refractivity contribution in [2.24, 2.45) is 10.9 Å². The van der Waals surface area contributed by atoms with E-state index >= 15 is 0 Å². The van der Waals surface area contributed by atoms with E-state index in [1.54, 1.807) is 6.08 Å². The monoisotopic (exact) mass is 193 g/mol. The SMILES string of the molecule is C=N/C(=C\C(C)=C/C)C(=O)CC(C)C. The summed E-state index contributed by atoms with van der Waals surface area (Å²) in [4.78, 5) is 15.4. The van der Waals surface area contributed by atoms with Crippen LogP contribution in [-0.4, -0.2) is 12.5 Å². The summed E-state index contributed by atoms with van der Waals surface area (Å²) < 4.78 is 0. The Labute approximate surface area is 86.4 Å². The minimum Gasteiger partial charge on any atom is -0.292 e. The zero-order chi connectivity index (χ0) is 11.1. The van der Waals surface area contributed by atoms with Crippen LogP contribution in [0, 0.1) is 5.92 Å². The van der Waals surface area contributed by atoms with Gasteiger partial charge in [0, 0.05) is 6.42 Å². The van der Waals surface area contributed by atoms with Crippen LogP contribution in [0.15, 0.2) is 28.4 Å². The third kappa shape index (κ3) is 4.75. The molecular weight excluding hydrogens is 174 g/mol. The Morgan fingerprint density at radius 3 is 2.43 bits per heavy atom. The number of ketones is 1. The van der Waals surface area contributed by atoms with Crippen molar-refractivity contribution >= 4 is 12.5 Å². The van der Waals surface area contributed by atoms with E-state index in [2.05, 4.69) is 11.7 Å². The lowest BCUT2D eigenvalue weighted by Gasteiger charge is -2.03. The fraction of sp³-hybridized carbons (Fsp3) is 0.500. The van der Waals surface area contributed by atoms with Gasteiger partial charge >= 0.3 is 0 Å². The highest BCUT2D eigenvalue weighted by Gasteiger charge is 2.09. The average molecular weight is 193 g/mol. The summed E-state index contributed by atoms with van der Waals surface area (Å²) in [7, 11) is 0. The van der Waals surface area contributed by atoms with Crippen molar-refractivity contribution in [3.8, 4) is 0 Å². The highest BCUT2D eigenvalue weighted by atomic mass is 16.1. The van der Waals surface area contributed by atoms with Crippen molar-refractivity contribution in [2.75, 3.05) is 0 Å². The van der Waals surface area contributed by atoms with Crippen molar-refractivity contribution in [1.29, 1.82) is 0 Å². The molecule has 0 bridgehead atoms. The van der Waals surface area contributed by atoms with Gasteiger partial charge < -0.3 is 0 Å². The van der Waals surface area contributed by atoms with E-state index in [4.69, 9.17) is 0 Å². The van der Waals surface area contributed by atoms with Crippen molar-refractivity contribution in [1.82, 2.24) is 0 Å². The van der Waals surface area contributed by atoms with E-state index in [1.165, 1.54) is 0 Å². The first kappa shape index (κ1) is 12.8. The van der Waals surface area contributed by atoms with Gasteiger partial charge in [0.1, 0.15) is 5.70 Å². The quantitative estimate of drug-likeness (QED) is 0.374. The van der Waals surface area contributed by atoms with Crippen LogP contribution in [0.5, 0.6) is 0 Å². The van der Waals surface area contributed by atoms with Gasteiger partial charge in [0.25, 0.3) is 0 Å². The molecule has 0 aliphatic rings. The minimum atomic E-state index is 0.0659. The molecule has 0 unspecified atom stereocenters. The van der Waals surface area contributed by atoms with E-state index in [0.717, 1.165) is 5.57 Å². The number of carbonyl (C=O) groups excluding carboxylic acids is 1. The molecule has 0 heterocycles. The van der Waals surface area contributed by atoms with Crippen LogP contribution in [-0.2, 0) is 4.79 Å². The first-order valence-corrected chi connectivity index (χ1v) is 4.85. The minimum absolute atomic E-state index is 0.0659. The second-order valence-corrected chi connectivity index (χ2v) is 3.74. The van der Waals surface area contributed by atoms with Crippen LogP contribution in [0.3, 0.4) is 0 Å². The van der Waals surface area contributed by atoms with E-state index in [1.807, 2.05) is 33.8 Å². The molecule has 2 nitrogen and oxygen atoms in total. The molecule has 0 aliphatic carbocycles. The number of aliphatic imine (C=N–C) groups is 1. The van der Waals surface area contributed by atoms with E-state index < -0.39 is 0 Å². The second-order valence-electron chi connectivity index (χ2n) is 3.74. The Bertz CT molecular complexity index is 272. The third-order valence-electron chi connectivity index (χ3n) is 1.87. The van der Waals surface area contributed by atoms with Gasteiger partial charge in [-0.2, -0.15) is 0 Å². The zero-order valence-corrected chi connectivity index (χ0v) is 9.50. The number of Topliss-reactive ketones (excluding diaryl/α,β-unsaturated/α-hetero) is 1. The number of allylic oxidation sites excluding steroid dienone is 4. The lowest BCUT2D eigenvalue weighted by Crippen LogP contribution is -2.04.